The van der Waals surface area contributed by atoms with Crippen LogP contribution >= 0.6 is 11.8 Å². The van der Waals surface area contributed by atoms with Crippen molar-refractivity contribution >= 4 is 47.3 Å². The quantitative estimate of drug-likeness (QED) is 0.0673. The summed E-state index contributed by atoms with van der Waals surface area (Å²) in [5.41, 5.74) is 7.55. The predicted octanol–water partition coefficient (Wildman–Crippen LogP) is 3.90. The topological polar surface area (TPSA) is 203 Å². The van der Waals surface area contributed by atoms with Gasteiger partial charge < -0.3 is 40.4 Å². The normalized spacial score (nSPS) is 13.6. The summed E-state index contributed by atoms with van der Waals surface area (Å²) in [6, 6.07) is 12.8. The minimum absolute atomic E-state index is 0.00342. The molecule has 2 heterocycles. The number of carboxylic acid groups (broad SMARTS) is 1. The first-order chi connectivity index (χ1) is 29.6. The Bertz CT molecular complexity index is 2020. The lowest BCUT2D eigenvalue weighted by Crippen LogP contribution is -2.45. The molecule has 1 aliphatic rings. The molecule has 0 bridgehead atoms. The Balaban J connectivity index is 1.29. The number of benzene rings is 2. The van der Waals surface area contributed by atoms with E-state index in [1.54, 1.807) is 17.2 Å². The maximum atomic E-state index is 15.1. The number of halogens is 2. The van der Waals surface area contributed by atoms with Crippen LogP contribution in [0.4, 0.5) is 8.78 Å². The number of carbonyl (C=O) groups excluding carboxylic acids is 5. The third-order valence-corrected chi connectivity index (χ3v) is 10.7. The number of carbonyl (C=O) groups is 6. The summed E-state index contributed by atoms with van der Waals surface area (Å²) in [5, 5.41) is 15.0. The second kappa shape index (κ2) is 24.3. The number of aliphatic carboxylic acids is 1. The van der Waals surface area contributed by atoms with Crippen molar-refractivity contribution < 1.29 is 52.1 Å². The maximum absolute atomic E-state index is 15.1. The van der Waals surface area contributed by atoms with E-state index in [-0.39, 0.29) is 87.8 Å². The molecule has 0 spiro atoms. The van der Waals surface area contributed by atoms with E-state index in [2.05, 4.69) is 10.6 Å². The van der Waals surface area contributed by atoms with Gasteiger partial charge in [-0.15, -0.1) is 11.8 Å². The van der Waals surface area contributed by atoms with E-state index in [4.69, 9.17) is 15.2 Å². The third kappa shape index (κ3) is 15.2. The number of rotatable bonds is 26. The molecule has 2 unspecified atom stereocenters. The summed E-state index contributed by atoms with van der Waals surface area (Å²) in [7, 11) is 0. The van der Waals surface area contributed by atoms with E-state index in [1.807, 2.05) is 55.7 Å². The van der Waals surface area contributed by atoms with Gasteiger partial charge in [0.05, 0.1) is 38.2 Å². The molecular formula is C44H56F2N6O9S. The molecule has 3 aromatic rings. The molecule has 0 fully saturated rings. The van der Waals surface area contributed by atoms with Gasteiger partial charge in [-0.3, -0.25) is 28.9 Å². The largest absolute Gasteiger partial charge is 0.480 e. The lowest BCUT2D eigenvalue weighted by molar-refractivity contribution is -0.141. The Morgan fingerprint density at radius 3 is 2.27 bits per heavy atom. The number of thioether (sulfide) groups is 1. The first-order valence-corrected chi connectivity index (χ1v) is 21.5. The van der Waals surface area contributed by atoms with Crippen LogP contribution in [0.15, 0.2) is 72.9 Å². The molecule has 1 aliphatic heterocycles. The average Bonchev–Trinajstić information content (AvgIpc) is 3.78. The van der Waals surface area contributed by atoms with Crippen molar-refractivity contribution in [1.82, 2.24) is 25.0 Å². The van der Waals surface area contributed by atoms with E-state index >= 15 is 4.39 Å². The van der Waals surface area contributed by atoms with E-state index in [0.717, 1.165) is 52.6 Å². The van der Waals surface area contributed by atoms with Crippen LogP contribution in [0.2, 0.25) is 0 Å². The zero-order valence-corrected chi connectivity index (χ0v) is 36.1. The van der Waals surface area contributed by atoms with Crippen molar-refractivity contribution in [1.29, 1.82) is 0 Å². The monoisotopic (exact) mass is 882 g/mol. The molecule has 1 aromatic heterocycles. The van der Waals surface area contributed by atoms with Crippen LogP contribution in [0.5, 0.6) is 0 Å². The van der Waals surface area contributed by atoms with E-state index in [0.29, 0.717) is 30.8 Å². The molecule has 15 nitrogen and oxygen atoms in total. The van der Waals surface area contributed by atoms with Crippen LogP contribution in [-0.2, 0) is 44.8 Å². The number of nitrogens with one attached hydrogen (secondary N) is 2. The van der Waals surface area contributed by atoms with Gasteiger partial charge in [0.1, 0.15) is 17.7 Å². The van der Waals surface area contributed by atoms with Crippen LogP contribution in [-0.4, -0.2) is 125 Å². The van der Waals surface area contributed by atoms with E-state index in [1.165, 1.54) is 0 Å². The second-order valence-corrected chi connectivity index (χ2v) is 16.6. The zero-order chi connectivity index (χ0) is 45.2. The van der Waals surface area contributed by atoms with Crippen LogP contribution in [0.3, 0.4) is 0 Å². The van der Waals surface area contributed by atoms with Crippen molar-refractivity contribution in [3.05, 3.63) is 95.8 Å². The molecule has 62 heavy (non-hydrogen) atoms. The molecule has 0 radical (unpaired) electrons. The summed E-state index contributed by atoms with van der Waals surface area (Å²) in [6.45, 7) is 7.61. The van der Waals surface area contributed by atoms with Gasteiger partial charge >= 0.3 is 5.97 Å². The van der Waals surface area contributed by atoms with Gasteiger partial charge in [0.2, 0.25) is 17.7 Å². The fraction of sp³-hybridized carbons (Fsp3) is 0.455. The van der Waals surface area contributed by atoms with Gasteiger partial charge in [0.25, 0.3) is 11.8 Å². The Kier molecular flexibility index (Phi) is 19.3. The van der Waals surface area contributed by atoms with Crippen LogP contribution in [0.1, 0.15) is 57.3 Å². The van der Waals surface area contributed by atoms with Crippen LogP contribution < -0.4 is 16.4 Å². The number of ether oxygens (including phenoxy) is 2. The summed E-state index contributed by atoms with van der Waals surface area (Å²) in [4.78, 5) is 76.7. The minimum Gasteiger partial charge on any atom is -0.480 e. The highest BCUT2D eigenvalue weighted by molar-refractivity contribution is 8.00. The predicted molar refractivity (Wildman–Crippen MR) is 230 cm³/mol. The Labute approximate surface area is 364 Å². The molecule has 2 atom stereocenters. The highest BCUT2D eigenvalue weighted by Gasteiger charge is 2.37. The number of carboxylic acids is 1. The Hall–Kier alpha value is -5.43. The maximum Gasteiger partial charge on any atom is 0.327 e. The molecular weight excluding hydrogens is 827 g/mol. The van der Waals surface area contributed by atoms with Crippen molar-refractivity contribution in [3.63, 3.8) is 0 Å². The van der Waals surface area contributed by atoms with Crippen molar-refractivity contribution in [2.45, 2.75) is 58.7 Å². The van der Waals surface area contributed by atoms with Crippen LogP contribution in [0.25, 0.3) is 11.1 Å². The van der Waals surface area contributed by atoms with Gasteiger partial charge in [-0.05, 0) is 48.2 Å². The molecule has 0 saturated carbocycles. The molecule has 0 saturated heterocycles. The molecule has 18 heteroatoms. The van der Waals surface area contributed by atoms with Gasteiger partial charge in [-0.25, -0.2) is 13.6 Å². The fourth-order valence-corrected chi connectivity index (χ4v) is 7.68. The third-order valence-electron chi connectivity index (χ3n) is 9.72. The number of aromatic nitrogens is 1. The molecule has 2 aromatic carbocycles. The summed E-state index contributed by atoms with van der Waals surface area (Å²) < 4.78 is 42.3. The molecule has 336 valence electrons. The smallest absolute Gasteiger partial charge is 0.327 e. The number of imide groups is 1. The summed E-state index contributed by atoms with van der Waals surface area (Å²) >= 11 is 1.07. The fourth-order valence-electron chi connectivity index (χ4n) is 6.76. The number of nitrogens with two attached hydrogens (primary N) is 1. The second-order valence-electron chi connectivity index (χ2n) is 15.6. The number of nitrogens with zero attached hydrogens (tertiary/aromatic N) is 3. The lowest BCUT2D eigenvalue weighted by atomic mass is 9.83. The first-order valence-electron chi connectivity index (χ1n) is 20.3. The van der Waals surface area contributed by atoms with Gasteiger partial charge in [-0.2, -0.15) is 0 Å². The SMILES string of the molecule is CC(C)(C)C(c1cc(-c2cc(F)ccc2F)cn1Cc1ccccc1)N(CCCN)C(=O)CSCC(NC(=O)CCOCCOCCNC(=O)CCN1C(=O)C=CC1=O)C(=O)O. The number of amides is 5. The van der Waals surface area contributed by atoms with Gasteiger partial charge in [0.15, 0.2) is 0 Å². The Morgan fingerprint density at radius 2 is 1.61 bits per heavy atom. The summed E-state index contributed by atoms with van der Waals surface area (Å²) in [5.74, 6) is -4.72. The molecule has 4 rings (SSSR count). The zero-order valence-electron chi connectivity index (χ0n) is 35.3. The van der Waals surface area contributed by atoms with Crippen LogP contribution in [0, 0.1) is 17.0 Å². The lowest BCUT2D eigenvalue weighted by Gasteiger charge is -2.41. The summed E-state index contributed by atoms with van der Waals surface area (Å²) in [6.07, 6.45) is 4.39. The number of hydrogen-bond acceptors (Lipinski definition) is 10. The molecule has 5 N–H and O–H groups in total. The van der Waals surface area contributed by atoms with Crippen molar-refractivity contribution in [2.24, 2.45) is 11.1 Å². The van der Waals surface area contributed by atoms with Gasteiger partial charge in [0, 0.05) is 79.9 Å². The highest BCUT2D eigenvalue weighted by atomic mass is 32.2. The first kappa shape index (κ1) is 49.2. The standard InChI is InChI=1S/C44H56F2N6O9S/c1-44(2,3)42(36-24-31(33-25-32(45)10-11-34(33)46)27-50(36)26-30-8-5-4-6-9-30)52(18-7-16-47)41(57)29-62-28-35(43(58)59)49-38(54)15-20-60-22-23-61-21-17-48-37(53)14-19-51-39(55)12-13-40(51)56/h4-6,8-13,24-25,27,35,42H,7,14-23,26,28-29,47H2,1-3H3,(H,48,53)(H,49,54)(H,58,59). The minimum atomic E-state index is -1.28. The molecule has 5 amide bonds. The average molecular weight is 883 g/mol. The number of hydrogen-bond donors (Lipinski definition) is 4. The van der Waals surface area contributed by atoms with Crippen molar-refractivity contribution in [3.8, 4) is 11.1 Å². The van der Waals surface area contributed by atoms with Gasteiger partial charge in [-0.1, -0.05) is 51.1 Å². The molecule has 0 aliphatic carbocycles. The van der Waals surface area contributed by atoms with E-state index < -0.39 is 52.8 Å². The highest BCUT2D eigenvalue weighted by Crippen LogP contribution is 2.41. The van der Waals surface area contributed by atoms with Crippen molar-refractivity contribution in [2.75, 3.05) is 64.1 Å². The van der Waals surface area contributed by atoms with E-state index in [9.17, 15) is 38.3 Å². The Morgan fingerprint density at radius 1 is 0.919 bits per heavy atom.